The highest BCUT2D eigenvalue weighted by molar-refractivity contribution is 4.94. The summed E-state index contributed by atoms with van der Waals surface area (Å²) >= 11 is 0. The molecule has 1 aliphatic heterocycles. The molecule has 0 radical (unpaired) electrons. The first-order valence-electron chi connectivity index (χ1n) is 6.78. The maximum absolute atomic E-state index is 8.92. The maximum Gasteiger partial charge on any atom is 0.123 e. The fourth-order valence-corrected chi connectivity index (χ4v) is 2.45. The molecular weight excluding hydrogens is 228 g/mol. The number of nitrogens with zero attached hydrogens (tertiary/aromatic N) is 4. The molecule has 0 aromatic carbocycles. The lowest BCUT2D eigenvalue weighted by Crippen LogP contribution is -2.46. The lowest BCUT2D eigenvalue weighted by Gasteiger charge is -2.34. The zero-order valence-electron chi connectivity index (χ0n) is 11.4. The summed E-state index contributed by atoms with van der Waals surface area (Å²) in [7, 11) is 0. The molecule has 0 saturated carbocycles. The molecule has 2 heterocycles. The van der Waals surface area contributed by atoms with Crippen LogP contribution in [-0.2, 0) is 6.54 Å². The number of aliphatic hydroxyl groups is 1. The van der Waals surface area contributed by atoms with Crippen LogP contribution < -0.4 is 0 Å². The van der Waals surface area contributed by atoms with Gasteiger partial charge in [0, 0.05) is 51.2 Å². The summed E-state index contributed by atoms with van der Waals surface area (Å²) in [6, 6.07) is 0.471. The summed E-state index contributed by atoms with van der Waals surface area (Å²) in [5.41, 5.74) is 0. The third-order valence-corrected chi connectivity index (χ3v) is 3.55. The van der Waals surface area contributed by atoms with E-state index in [1.807, 2.05) is 6.20 Å². The van der Waals surface area contributed by atoms with Gasteiger partial charge in [0.15, 0.2) is 0 Å². The first-order valence-corrected chi connectivity index (χ1v) is 6.78. The summed E-state index contributed by atoms with van der Waals surface area (Å²) in [5, 5.41) is 8.92. The van der Waals surface area contributed by atoms with Crippen molar-refractivity contribution in [2.45, 2.75) is 26.4 Å². The molecule has 5 heteroatoms. The minimum absolute atomic E-state index is 0.262. The molecule has 0 spiro atoms. The van der Waals surface area contributed by atoms with Crippen molar-refractivity contribution in [3.8, 4) is 0 Å². The van der Waals surface area contributed by atoms with E-state index < -0.39 is 0 Å². The van der Waals surface area contributed by atoms with Crippen LogP contribution in [-0.4, -0.2) is 63.8 Å². The number of imidazole rings is 1. The molecule has 18 heavy (non-hydrogen) atoms. The molecular formula is C13H24N4O. The first-order chi connectivity index (χ1) is 8.70. The number of piperazine rings is 1. The third kappa shape index (κ3) is 3.31. The second-order valence-electron chi connectivity index (χ2n) is 5.19. The van der Waals surface area contributed by atoms with Crippen molar-refractivity contribution < 1.29 is 5.11 Å². The standard InChI is InChI=1S/C13H24N4O/c1-12(2)17-4-3-14-13(17)11-16-7-5-15(6-8-16)9-10-18/h3-4,12,18H,5-11H2,1-2H3. The first kappa shape index (κ1) is 13.5. The Morgan fingerprint density at radius 3 is 2.50 bits per heavy atom. The molecule has 0 atom stereocenters. The molecule has 0 aliphatic carbocycles. The largest absolute Gasteiger partial charge is 0.395 e. The van der Waals surface area contributed by atoms with Gasteiger partial charge in [-0.3, -0.25) is 9.80 Å². The topological polar surface area (TPSA) is 44.5 Å². The van der Waals surface area contributed by atoms with E-state index in [0.717, 1.165) is 45.1 Å². The molecule has 0 bridgehead atoms. The molecule has 1 saturated heterocycles. The van der Waals surface area contributed by atoms with Crippen molar-refractivity contribution in [2.24, 2.45) is 0 Å². The van der Waals surface area contributed by atoms with Crippen molar-refractivity contribution in [2.75, 3.05) is 39.3 Å². The maximum atomic E-state index is 8.92. The van der Waals surface area contributed by atoms with Gasteiger partial charge < -0.3 is 9.67 Å². The van der Waals surface area contributed by atoms with Crippen LogP contribution in [0.3, 0.4) is 0 Å². The van der Waals surface area contributed by atoms with Gasteiger partial charge in [0.1, 0.15) is 5.82 Å². The Hall–Kier alpha value is -0.910. The van der Waals surface area contributed by atoms with Gasteiger partial charge in [-0.2, -0.15) is 0 Å². The summed E-state index contributed by atoms with van der Waals surface area (Å²) in [5.74, 6) is 1.15. The van der Waals surface area contributed by atoms with E-state index in [9.17, 15) is 0 Å². The number of hydrogen-bond acceptors (Lipinski definition) is 4. The highest BCUT2D eigenvalue weighted by atomic mass is 16.3. The number of rotatable bonds is 5. The van der Waals surface area contributed by atoms with E-state index in [1.54, 1.807) is 0 Å². The van der Waals surface area contributed by atoms with E-state index >= 15 is 0 Å². The molecule has 102 valence electrons. The van der Waals surface area contributed by atoms with Crippen LogP contribution in [0, 0.1) is 0 Å². The number of hydrogen-bond donors (Lipinski definition) is 1. The highest BCUT2D eigenvalue weighted by Crippen LogP contribution is 2.11. The highest BCUT2D eigenvalue weighted by Gasteiger charge is 2.18. The van der Waals surface area contributed by atoms with Crippen LogP contribution in [0.5, 0.6) is 0 Å². The van der Waals surface area contributed by atoms with Gasteiger partial charge in [0.25, 0.3) is 0 Å². The molecule has 2 rings (SSSR count). The zero-order valence-corrected chi connectivity index (χ0v) is 11.4. The minimum atomic E-state index is 0.262. The SMILES string of the molecule is CC(C)n1ccnc1CN1CCN(CCO)CC1. The van der Waals surface area contributed by atoms with Crippen LogP contribution in [0.2, 0.25) is 0 Å². The fraction of sp³-hybridized carbons (Fsp3) is 0.769. The lowest BCUT2D eigenvalue weighted by atomic mass is 10.3. The molecule has 1 aromatic rings. The Bertz CT molecular complexity index is 356. The Morgan fingerprint density at radius 2 is 1.89 bits per heavy atom. The number of aliphatic hydroxyl groups excluding tert-OH is 1. The van der Waals surface area contributed by atoms with E-state index in [-0.39, 0.29) is 6.61 Å². The molecule has 5 nitrogen and oxygen atoms in total. The quantitative estimate of drug-likeness (QED) is 0.832. The van der Waals surface area contributed by atoms with Gasteiger partial charge >= 0.3 is 0 Å². The van der Waals surface area contributed by atoms with Gasteiger partial charge in [-0.05, 0) is 13.8 Å². The van der Waals surface area contributed by atoms with Crippen molar-refractivity contribution in [3.05, 3.63) is 18.2 Å². The van der Waals surface area contributed by atoms with Gasteiger partial charge in [-0.1, -0.05) is 0 Å². The molecule has 1 N–H and O–H groups in total. The van der Waals surface area contributed by atoms with Gasteiger partial charge in [0.2, 0.25) is 0 Å². The minimum Gasteiger partial charge on any atom is -0.395 e. The predicted molar refractivity (Wildman–Crippen MR) is 71.4 cm³/mol. The van der Waals surface area contributed by atoms with E-state index in [4.69, 9.17) is 5.11 Å². The van der Waals surface area contributed by atoms with E-state index in [2.05, 4.69) is 39.4 Å². The number of β-amino-alcohol motifs (C(OH)–C–C–N with tert-alkyl or cyclic N) is 1. The third-order valence-electron chi connectivity index (χ3n) is 3.55. The van der Waals surface area contributed by atoms with Crippen molar-refractivity contribution >= 4 is 0 Å². The second-order valence-corrected chi connectivity index (χ2v) is 5.19. The molecule has 0 unspecified atom stereocenters. The van der Waals surface area contributed by atoms with Crippen molar-refractivity contribution in [3.63, 3.8) is 0 Å². The normalized spacial score (nSPS) is 18.7. The average Bonchev–Trinajstić information content (AvgIpc) is 2.80. The smallest absolute Gasteiger partial charge is 0.123 e. The molecule has 1 aromatic heterocycles. The summed E-state index contributed by atoms with van der Waals surface area (Å²) in [6.07, 6.45) is 3.94. The molecule has 1 aliphatic rings. The van der Waals surface area contributed by atoms with Crippen LogP contribution >= 0.6 is 0 Å². The zero-order chi connectivity index (χ0) is 13.0. The van der Waals surface area contributed by atoms with Crippen LogP contribution in [0.4, 0.5) is 0 Å². The second kappa shape index (κ2) is 6.31. The summed E-state index contributed by atoms with van der Waals surface area (Å²) < 4.78 is 2.24. The Morgan fingerprint density at radius 1 is 1.22 bits per heavy atom. The molecule has 1 fully saturated rings. The lowest BCUT2D eigenvalue weighted by molar-refractivity contribution is 0.106. The van der Waals surface area contributed by atoms with Gasteiger partial charge in [-0.25, -0.2) is 4.98 Å². The van der Waals surface area contributed by atoms with E-state index in [0.29, 0.717) is 6.04 Å². The van der Waals surface area contributed by atoms with Crippen LogP contribution in [0.15, 0.2) is 12.4 Å². The van der Waals surface area contributed by atoms with Gasteiger partial charge in [0.05, 0.1) is 13.2 Å². The summed E-state index contributed by atoms with van der Waals surface area (Å²) in [4.78, 5) is 9.21. The Labute approximate surface area is 109 Å². The Balaban J connectivity index is 1.86. The molecule has 0 amide bonds. The monoisotopic (exact) mass is 252 g/mol. The van der Waals surface area contributed by atoms with Crippen LogP contribution in [0.1, 0.15) is 25.7 Å². The van der Waals surface area contributed by atoms with Crippen molar-refractivity contribution in [1.82, 2.24) is 19.4 Å². The van der Waals surface area contributed by atoms with Crippen molar-refractivity contribution in [1.29, 1.82) is 0 Å². The van der Waals surface area contributed by atoms with Crippen LogP contribution in [0.25, 0.3) is 0 Å². The van der Waals surface area contributed by atoms with Gasteiger partial charge in [-0.15, -0.1) is 0 Å². The number of aromatic nitrogens is 2. The predicted octanol–water partition coefficient (Wildman–Crippen LogP) is 0.574. The van der Waals surface area contributed by atoms with E-state index in [1.165, 1.54) is 0 Å². The summed E-state index contributed by atoms with van der Waals surface area (Å²) in [6.45, 7) is 10.6. The fourth-order valence-electron chi connectivity index (χ4n) is 2.45. The average molecular weight is 252 g/mol. The Kier molecular flexibility index (Phi) is 4.74.